The number of aryl methyl sites for hydroxylation is 2. The van der Waals surface area contributed by atoms with Crippen molar-refractivity contribution in [3.8, 4) is 11.5 Å². The van der Waals surface area contributed by atoms with E-state index in [0.717, 1.165) is 22.6 Å². The highest BCUT2D eigenvalue weighted by Gasteiger charge is 2.01. The van der Waals surface area contributed by atoms with Gasteiger partial charge >= 0.3 is 6.03 Å². The predicted molar refractivity (Wildman–Crippen MR) is 82.7 cm³/mol. The van der Waals surface area contributed by atoms with Crippen LogP contribution in [0.25, 0.3) is 0 Å². The Labute approximate surface area is 123 Å². The lowest BCUT2D eigenvalue weighted by atomic mass is 10.1. The van der Waals surface area contributed by atoms with Gasteiger partial charge in [-0.3, -0.25) is 0 Å². The van der Waals surface area contributed by atoms with Crippen molar-refractivity contribution >= 4 is 12.2 Å². The fourth-order valence-electron chi connectivity index (χ4n) is 1.83. The van der Waals surface area contributed by atoms with E-state index in [4.69, 9.17) is 10.5 Å². The summed E-state index contributed by atoms with van der Waals surface area (Å²) in [6.45, 7) is 4.06. The SMILES string of the molecule is Cc1ccc(Oc2ccc(/C=N\NC(N)=O)cc2)c(C)c1. The number of rotatable bonds is 4. The molecule has 5 nitrogen and oxygen atoms in total. The van der Waals surface area contributed by atoms with Crippen LogP contribution >= 0.6 is 0 Å². The minimum atomic E-state index is -0.693. The maximum Gasteiger partial charge on any atom is 0.332 e. The molecule has 0 aliphatic heterocycles. The minimum Gasteiger partial charge on any atom is -0.457 e. The average Bonchev–Trinajstić information content (AvgIpc) is 2.43. The molecule has 0 saturated carbocycles. The number of benzene rings is 2. The summed E-state index contributed by atoms with van der Waals surface area (Å²) in [6, 6.07) is 12.7. The van der Waals surface area contributed by atoms with Crippen LogP contribution in [-0.4, -0.2) is 12.2 Å². The van der Waals surface area contributed by atoms with Crippen molar-refractivity contribution in [1.82, 2.24) is 5.43 Å². The Morgan fingerprint density at radius 1 is 1.19 bits per heavy atom. The van der Waals surface area contributed by atoms with Crippen LogP contribution in [0.5, 0.6) is 11.5 Å². The van der Waals surface area contributed by atoms with E-state index in [0.29, 0.717) is 0 Å². The molecule has 0 aromatic heterocycles. The molecular formula is C16H17N3O2. The van der Waals surface area contributed by atoms with Crippen LogP contribution in [0.4, 0.5) is 4.79 Å². The maximum absolute atomic E-state index is 10.5. The molecule has 0 spiro atoms. The van der Waals surface area contributed by atoms with E-state index in [-0.39, 0.29) is 0 Å². The Morgan fingerprint density at radius 3 is 2.52 bits per heavy atom. The van der Waals surface area contributed by atoms with Crippen LogP contribution in [0.1, 0.15) is 16.7 Å². The summed E-state index contributed by atoms with van der Waals surface area (Å²) in [5.74, 6) is 1.57. The summed E-state index contributed by atoms with van der Waals surface area (Å²) >= 11 is 0. The standard InChI is InChI=1S/C16H17N3O2/c1-11-3-8-15(12(2)9-11)21-14-6-4-13(5-7-14)10-18-19-16(17)20/h3-10H,1-2H3,(H3,17,19,20)/b18-10-. The van der Waals surface area contributed by atoms with Gasteiger partial charge in [0, 0.05) is 0 Å². The lowest BCUT2D eigenvalue weighted by molar-refractivity contribution is 0.249. The van der Waals surface area contributed by atoms with E-state index in [1.54, 1.807) is 0 Å². The molecule has 21 heavy (non-hydrogen) atoms. The van der Waals surface area contributed by atoms with Gasteiger partial charge in [0.1, 0.15) is 11.5 Å². The van der Waals surface area contributed by atoms with Gasteiger partial charge in [-0.25, -0.2) is 10.2 Å². The van der Waals surface area contributed by atoms with Crippen molar-refractivity contribution in [3.05, 3.63) is 59.2 Å². The van der Waals surface area contributed by atoms with Crippen molar-refractivity contribution < 1.29 is 9.53 Å². The Bertz CT molecular complexity index is 664. The molecule has 0 heterocycles. The van der Waals surface area contributed by atoms with Gasteiger partial charge in [-0.2, -0.15) is 5.10 Å². The van der Waals surface area contributed by atoms with Gasteiger partial charge in [-0.05, 0) is 55.3 Å². The summed E-state index contributed by atoms with van der Waals surface area (Å²) < 4.78 is 5.83. The Kier molecular flexibility index (Phi) is 4.56. The molecular weight excluding hydrogens is 266 g/mol. The van der Waals surface area contributed by atoms with E-state index in [1.165, 1.54) is 11.8 Å². The second-order valence-electron chi connectivity index (χ2n) is 4.67. The first kappa shape index (κ1) is 14.6. The molecule has 0 aliphatic carbocycles. The monoisotopic (exact) mass is 283 g/mol. The Hall–Kier alpha value is -2.82. The molecule has 0 radical (unpaired) electrons. The highest BCUT2D eigenvalue weighted by atomic mass is 16.5. The molecule has 5 heteroatoms. The Balaban J connectivity index is 2.05. The number of ether oxygens (including phenoxy) is 1. The molecule has 0 fully saturated rings. The fourth-order valence-corrected chi connectivity index (χ4v) is 1.83. The van der Waals surface area contributed by atoms with Crippen molar-refractivity contribution in [3.63, 3.8) is 0 Å². The van der Waals surface area contributed by atoms with Gasteiger partial charge in [0.2, 0.25) is 0 Å². The lowest BCUT2D eigenvalue weighted by Gasteiger charge is -2.09. The van der Waals surface area contributed by atoms with Crippen LogP contribution in [-0.2, 0) is 0 Å². The van der Waals surface area contributed by atoms with Crippen molar-refractivity contribution in [2.45, 2.75) is 13.8 Å². The van der Waals surface area contributed by atoms with E-state index in [2.05, 4.69) is 16.6 Å². The first-order valence-electron chi connectivity index (χ1n) is 6.48. The highest BCUT2D eigenvalue weighted by Crippen LogP contribution is 2.25. The van der Waals surface area contributed by atoms with Gasteiger partial charge in [0.25, 0.3) is 0 Å². The smallest absolute Gasteiger partial charge is 0.332 e. The molecule has 0 bridgehead atoms. The number of carbonyl (C=O) groups excluding carboxylic acids is 1. The number of nitrogens with zero attached hydrogens (tertiary/aromatic N) is 1. The number of nitrogens with one attached hydrogen (secondary N) is 1. The largest absolute Gasteiger partial charge is 0.457 e. The van der Waals surface area contributed by atoms with Gasteiger partial charge in [-0.1, -0.05) is 17.7 Å². The lowest BCUT2D eigenvalue weighted by Crippen LogP contribution is -2.24. The number of hydrogen-bond donors (Lipinski definition) is 2. The van der Waals surface area contributed by atoms with Gasteiger partial charge < -0.3 is 10.5 Å². The van der Waals surface area contributed by atoms with E-state index >= 15 is 0 Å². The molecule has 2 aromatic carbocycles. The third kappa shape index (κ3) is 4.35. The predicted octanol–water partition coefficient (Wildman–Crippen LogP) is 3.10. The molecule has 108 valence electrons. The third-order valence-electron chi connectivity index (χ3n) is 2.83. The van der Waals surface area contributed by atoms with Crippen molar-refractivity contribution in [2.75, 3.05) is 0 Å². The van der Waals surface area contributed by atoms with E-state index in [9.17, 15) is 4.79 Å². The fraction of sp³-hybridized carbons (Fsp3) is 0.125. The summed E-state index contributed by atoms with van der Waals surface area (Å²) in [5, 5.41) is 3.69. The Morgan fingerprint density at radius 2 is 1.90 bits per heavy atom. The van der Waals surface area contributed by atoms with Crippen LogP contribution in [0.3, 0.4) is 0 Å². The number of primary amides is 1. The molecule has 0 saturated heterocycles. The molecule has 0 atom stereocenters. The van der Waals surface area contributed by atoms with E-state index in [1.807, 2.05) is 50.2 Å². The van der Waals surface area contributed by atoms with Crippen LogP contribution < -0.4 is 15.9 Å². The zero-order chi connectivity index (χ0) is 15.2. The molecule has 2 aromatic rings. The summed E-state index contributed by atoms with van der Waals surface area (Å²) in [5.41, 5.74) is 10.2. The normalized spacial score (nSPS) is 10.6. The maximum atomic E-state index is 10.5. The summed E-state index contributed by atoms with van der Waals surface area (Å²) in [4.78, 5) is 10.5. The second kappa shape index (κ2) is 6.56. The van der Waals surface area contributed by atoms with Gasteiger partial charge in [0.05, 0.1) is 6.21 Å². The quantitative estimate of drug-likeness (QED) is 0.668. The molecule has 0 aliphatic rings. The van der Waals surface area contributed by atoms with Gasteiger partial charge in [-0.15, -0.1) is 0 Å². The topological polar surface area (TPSA) is 76.7 Å². The molecule has 2 amide bonds. The van der Waals surface area contributed by atoms with Crippen LogP contribution in [0.2, 0.25) is 0 Å². The minimum absolute atomic E-state index is 0.693. The number of hydrogen-bond acceptors (Lipinski definition) is 3. The average molecular weight is 283 g/mol. The number of carbonyl (C=O) groups is 1. The number of hydrazone groups is 1. The molecule has 2 rings (SSSR count). The van der Waals surface area contributed by atoms with Crippen LogP contribution in [0.15, 0.2) is 47.6 Å². The van der Waals surface area contributed by atoms with Crippen molar-refractivity contribution in [1.29, 1.82) is 0 Å². The number of urea groups is 1. The first-order chi connectivity index (χ1) is 10.0. The summed E-state index contributed by atoms with van der Waals surface area (Å²) in [6.07, 6.45) is 1.51. The highest BCUT2D eigenvalue weighted by molar-refractivity contribution is 5.81. The molecule has 0 unspecified atom stereocenters. The third-order valence-corrected chi connectivity index (χ3v) is 2.83. The first-order valence-corrected chi connectivity index (χ1v) is 6.48. The number of amides is 2. The van der Waals surface area contributed by atoms with Crippen molar-refractivity contribution in [2.24, 2.45) is 10.8 Å². The zero-order valence-electron chi connectivity index (χ0n) is 12.0. The van der Waals surface area contributed by atoms with Gasteiger partial charge in [0.15, 0.2) is 0 Å². The number of nitrogens with two attached hydrogens (primary N) is 1. The zero-order valence-corrected chi connectivity index (χ0v) is 12.0. The second-order valence-corrected chi connectivity index (χ2v) is 4.67. The van der Waals surface area contributed by atoms with Crippen LogP contribution in [0, 0.1) is 13.8 Å². The summed E-state index contributed by atoms with van der Waals surface area (Å²) in [7, 11) is 0. The van der Waals surface area contributed by atoms with E-state index < -0.39 is 6.03 Å². The molecule has 3 N–H and O–H groups in total.